The molecule has 1 aliphatic heterocycles. The monoisotopic (exact) mass is 254 g/mol. The summed E-state index contributed by atoms with van der Waals surface area (Å²) >= 11 is 0. The van der Waals surface area contributed by atoms with E-state index in [0.717, 1.165) is 12.8 Å². The van der Waals surface area contributed by atoms with Crippen molar-refractivity contribution in [3.05, 3.63) is 20.8 Å². The Morgan fingerprint density at radius 3 is 2.83 bits per heavy atom. The average molecular weight is 254 g/mol. The normalized spacial score (nSPS) is 20.1. The Morgan fingerprint density at radius 1 is 1.50 bits per heavy atom. The van der Waals surface area contributed by atoms with Crippen LogP contribution in [0.4, 0.5) is 11.5 Å². The predicted molar refractivity (Wildman–Crippen MR) is 68.9 cm³/mol. The Labute approximate surface area is 104 Å². The topological polar surface area (TPSA) is 104 Å². The number of aromatic nitrogens is 2. The molecule has 1 unspecified atom stereocenters. The fourth-order valence-corrected chi connectivity index (χ4v) is 2.35. The fourth-order valence-electron chi connectivity index (χ4n) is 2.35. The number of nitrogens with two attached hydrogens (primary N) is 1. The highest BCUT2D eigenvalue weighted by Gasteiger charge is 2.23. The van der Waals surface area contributed by atoms with Crippen LogP contribution in [0.25, 0.3) is 0 Å². The molecule has 0 spiro atoms. The first-order chi connectivity index (χ1) is 8.54. The van der Waals surface area contributed by atoms with E-state index >= 15 is 0 Å². The summed E-state index contributed by atoms with van der Waals surface area (Å²) in [7, 11) is 0. The molecule has 1 saturated heterocycles. The smallest absolute Gasteiger partial charge is 0.330 e. The van der Waals surface area contributed by atoms with Crippen LogP contribution >= 0.6 is 0 Å². The molecule has 0 radical (unpaired) electrons. The number of rotatable bonds is 2. The van der Waals surface area contributed by atoms with Gasteiger partial charge >= 0.3 is 5.69 Å². The second-order valence-electron chi connectivity index (χ2n) is 4.48. The van der Waals surface area contributed by atoms with Crippen molar-refractivity contribution in [1.82, 2.24) is 9.55 Å². The third-order valence-corrected chi connectivity index (χ3v) is 3.24. The highest BCUT2D eigenvalue weighted by atomic mass is 16.3. The van der Waals surface area contributed by atoms with Gasteiger partial charge in [-0.05, 0) is 19.8 Å². The number of anilines is 2. The van der Waals surface area contributed by atoms with E-state index in [9.17, 15) is 14.7 Å². The van der Waals surface area contributed by atoms with Gasteiger partial charge in [-0.3, -0.25) is 14.3 Å². The lowest BCUT2D eigenvalue weighted by molar-refractivity contribution is 0.154. The molecular weight excluding hydrogens is 236 g/mol. The molecule has 2 rings (SSSR count). The highest BCUT2D eigenvalue weighted by Crippen LogP contribution is 2.21. The Hall–Kier alpha value is -1.76. The predicted octanol–water partition coefficient (Wildman–Crippen LogP) is -0.900. The van der Waals surface area contributed by atoms with Crippen LogP contribution in [0, 0.1) is 0 Å². The SMILES string of the molecule is CCn1c(N)c(N2CCCC(O)C2)c(=O)[nH]c1=O. The lowest BCUT2D eigenvalue weighted by Crippen LogP contribution is -2.44. The maximum Gasteiger partial charge on any atom is 0.330 e. The van der Waals surface area contributed by atoms with Gasteiger partial charge in [0.1, 0.15) is 11.5 Å². The molecule has 0 aliphatic carbocycles. The molecule has 4 N–H and O–H groups in total. The van der Waals surface area contributed by atoms with E-state index in [2.05, 4.69) is 4.98 Å². The first kappa shape index (κ1) is 12.7. The van der Waals surface area contributed by atoms with Gasteiger partial charge in [-0.2, -0.15) is 0 Å². The van der Waals surface area contributed by atoms with E-state index in [1.54, 1.807) is 11.8 Å². The third-order valence-electron chi connectivity index (χ3n) is 3.24. The second-order valence-corrected chi connectivity index (χ2v) is 4.48. The molecule has 0 saturated carbocycles. The van der Waals surface area contributed by atoms with Crippen LogP contribution in [0.1, 0.15) is 19.8 Å². The minimum absolute atomic E-state index is 0.167. The first-order valence-electron chi connectivity index (χ1n) is 6.10. The summed E-state index contributed by atoms with van der Waals surface area (Å²) < 4.78 is 1.32. The molecule has 100 valence electrons. The summed E-state index contributed by atoms with van der Waals surface area (Å²) in [5.41, 5.74) is 5.19. The van der Waals surface area contributed by atoms with E-state index in [1.165, 1.54) is 4.57 Å². The molecule has 7 nitrogen and oxygen atoms in total. The van der Waals surface area contributed by atoms with Gasteiger partial charge in [0.2, 0.25) is 0 Å². The molecular formula is C11H18N4O3. The van der Waals surface area contributed by atoms with Gasteiger partial charge in [0.25, 0.3) is 5.56 Å². The number of nitrogens with zero attached hydrogens (tertiary/aromatic N) is 2. The summed E-state index contributed by atoms with van der Waals surface area (Å²) in [5, 5.41) is 9.64. The summed E-state index contributed by atoms with van der Waals surface area (Å²) in [6.45, 7) is 3.21. The number of nitrogens with one attached hydrogen (secondary N) is 1. The molecule has 0 amide bonds. The second kappa shape index (κ2) is 4.85. The number of aliphatic hydroxyl groups excluding tert-OH is 1. The Morgan fingerprint density at radius 2 is 2.22 bits per heavy atom. The molecule has 18 heavy (non-hydrogen) atoms. The lowest BCUT2D eigenvalue weighted by atomic mass is 10.1. The molecule has 1 aromatic heterocycles. The van der Waals surface area contributed by atoms with Gasteiger partial charge in [0.05, 0.1) is 6.10 Å². The molecule has 2 heterocycles. The third kappa shape index (κ3) is 2.13. The number of H-pyrrole nitrogens is 1. The minimum Gasteiger partial charge on any atom is -0.391 e. The van der Waals surface area contributed by atoms with Gasteiger partial charge in [0, 0.05) is 19.6 Å². The average Bonchev–Trinajstić information content (AvgIpc) is 2.28. The van der Waals surface area contributed by atoms with Crippen molar-refractivity contribution in [2.45, 2.75) is 32.4 Å². The molecule has 0 aromatic carbocycles. The number of aromatic amines is 1. The van der Waals surface area contributed by atoms with Gasteiger partial charge < -0.3 is 15.7 Å². The maximum absolute atomic E-state index is 11.9. The van der Waals surface area contributed by atoms with Gasteiger partial charge in [-0.15, -0.1) is 0 Å². The van der Waals surface area contributed by atoms with Crippen LogP contribution in [0.3, 0.4) is 0 Å². The van der Waals surface area contributed by atoms with Crippen molar-refractivity contribution in [3.63, 3.8) is 0 Å². The molecule has 1 aliphatic rings. The van der Waals surface area contributed by atoms with E-state index in [4.69, 9.17) is 5.73 Å². The standard InChI is InChI=1S/C11H18N4O3/c1-2-15-9(12)8(10(17)13-11(15)18)14-5-3-4-7(16)6-14/h7,16H,2-6,12H2,1H3,(H,13,17,18). The van der Waals surface area contributed by atoms with Gasteiger partial charge in [0.15, 0.2) is 0 Å². The summed E-state index contributed by atoms with van der Waals surface area (Å²) in [5.74, 6) is 0.167. The molecule has 1 fully saturated rings. The molecule has 1 aromatic rings. The van der Waals surface area contributed by atoms with Crippen LogP contribution in [0.2, 0.25) is 0 Å². The Kier molecular flexibility index (Phi) is 3.42. The van der Waals surface area contributed by atoms with Crippen LogP contribution in [0.15, 0.2) is 9.59 Å². The minimum atomic E-state index is -0.499. The summed E-state index contributed by atoms with van der Waals surface area (Å²) in [4.78, 5) is 27.4. The number of hydrogen-bond acceptors (Lipinski definition) is 5. The molecule has 7 heteroatoms. The highest BCUT2D eigenvalue weighted by molar-refractivity contribution is 5.62. The number of hydrogen-bond donors (Lipinski definition) is 3. The molecule has 0 bridgehead atoms. The zero-order valence-electron chi connectivity index (χ0n) is 10.3. The fraction of sp³-hybridized carbons (Fsp3) is 0.636. The number of β-amino-alcohol motifs (C(OH)–C–C–N with tert-alkyl or cyclic N) is 1. The lowest BCUT2D eigenvalue weighted by Gasteiger charge is -2.32. The van der Waals surface area contributed by atoms with Crippen LogP contribution < -0.4 is 21.9 Å². The largest absolute Gasteiger partial charge is 0.391 e. The number of nitrogen functional groups attached to an aromatic ring is 1. The summed E-state index contributed by atoms with van der Waals surface area (Å²) in [6, 6.07) is 0. The van der Waals surface area contributed by atoms with Crippen LogP contribution in [0.5, 0.6) is 0 Å². The molecule has 1 atom stereocenters. The number of piperidine rings is 1. The van der Waals surface area contributed by atoms with Crippen molar-refractivity contribution in [1.29, 1.82) is 0 Å². The van der Waals surface area contributed by atoms with Crippen molar-refractivity contribution in [2.75, 3.05) is 23.7 Å². The van der Waals surface area contributed by atoms with Crippen LogP contribution in [-0.2, 0) is 6.54 Å². The van der Waals surface area contributed by atoms with Gasteiger partial charge in [-0.25, -0.2) is 4.79 Å². The van der Waals surface area contributed by atoms with Crippen molar-refractivity contribution in [3.8, 4) is 0 Å². The zero-order valence-corrected chi connectivity index (χ0v) is 10.3. The first-order valence-corrected chi connectivity index (χ1v) is 6.10. The zero-order chi connectivity index (χ0) is 13.3. The van der Waals surface area contributed by atoms with Crippen molar-refractivity contribution in [2.24, 2.45) is 0 Å². The van der Waals surface area contributed by atoms with E-state index in [0.29, 0.717) is 19.6 Å². The number of aliphatic hydroxyl groups is 1. The van der Waals surface area contributed by atoms with E-state index in [-0.39, 0.29) is 11.5 Å². The maximum atomic E-state index is 11.9. The Bertz CT molecular complexity index is 548. The van der Waals surface area contributed by atoms with Crippen molar-refractivity contribution >= 4 is 11.5 Å². The van der Waals surface area contributed by atoms with E-state index in [1.807, 2.05) is 0 Å². The van der Waals surface area contributed by atoms with Crippen molar-refractivity contribution < 1.29 is 5.11 Å². The van der Waals surface area contributed by atoms with Gasteiger partial charge in [-0.1, -0.05) is 0 Å². The Balaban J connectivity index is 2.50. The summed E-state index contributed by atoms with van der Waals surface area (Å²) in [6.07, 6.45) is 1.06. The van der Waals surface area contributed by atoms with Crippen LogP contribution in [-0.4, -0.2) is 33.9 Å². The van der Waals surface area contributed by atoms with E-state index < -0.39 is 17.4 Å². The quantitative estimate of drug-likeness (QED) is 0.634.